The van der Waals surface area contributed by atoms with Crippen molar-refractivity contribution in [2.24, 2.45) is 5.41 Å². The largest absolute Gasteiger partial charge is 0.466 e. The molecule has 0 radical (unpaired) electrons. The van der Waals surface area contributed by atoms with E-state index in [4.69, 9.17) is 6.42 Å². The average molecular weight is 324 g/mol. The van der Waals surface area contributed by atoms with E-state index in [1.54, 1.807) is 50.3 Å². The maximum Gasteiger partial charge on any atom is 0.330 e. The lowest BCUT2D eigenvalue weighted by Crippen LogP contribution is -2.47. The molecule has 1 N–H and O–H groups in total. The number of rotatable bonds is 3. The van der Waals surface area contributed by atoms with Crippen LogP contribution in [0, 0.1) is 17.8 Å². The summed E-state index contributed by atoms with van der Waals surface area (Å²) in [5.74, 6) is 2.01. The van der Waals surface area contributed by atoms with Crippen LogP contribution in [0.2, 0.25) is 0 Å². The lowest BCUT2D eigenvalue weighted by Gasteiger charge is -2.44. The fraction of sp³-hybridized carbons (Fsp3) is 0.300. The second-order valence-corrected chi connectivity index (χ2v) is 6.13. The van der Waals surface area contributed by atoms with Crippen LogP contribution in [0.25, 0.3) is 0 Å². The summed E-state index contributed by atoms with van der Waals surface area (Å²) in [6, 6.07) is 6.89. The molecule has 0 aliphatic heterocycles. The molecule has 4 heteroatoms. The summed E-state index contributed by atoms with van der Waals surface area (Å²) in [5, 5.41) is 11.4. The Hall–Kier alpha value is -2.64. The Kier molecular flexibility index (Phi) is 4.77. The highest BCUT2D eigenvalue weighted by molar-refractivity contribution is 6.00. The molecule has 0 saturated carbocycles. The first-order valence-corrected chi connectivity index (χ1v) is 7.56. The minimum atomic E-state index is -1.52. The number of ether oxygens (including phenoxy) is 1. The van der Waals surface area contributed by atoms with E-state index >= 15 is 0 Å². The van der Waals surface area contributed by atoms with Gasteiger partial charge in [0.1, 0.15) is 5.60 Å². The molecule has 0 heterocycles. The van der Waals surface area contributed by atoms with E-state index in [1.807, 2.05) is 0 Å². The standard InChI is InChI=1S/C20H20O4/c1-5-19(3)13-17(21)15-8-6-7-9-16(15)20(19,23)11-10-14(2)12-18(22)24-4/h1,6-12,23H,13H2,2-4H3/b11-10+,14-12-/t19-,20+/m0/s1. The summed E-state index contributed by atoms with van der Waals surface area (Å²) in [6.45, 7) is 3.40. The van der Waals surface area contributed by atoms with Crippen LogP contribution in [0.15, 0.2) is 48.1 Å². The highest BCUT2D eigenvalue weighted by Crippen LogP contribution is 2.49. The third kappa shape index (κ3) is 2.91. The van der Waals surface area contributed by atoms with Crippen molar-refractivity contribution in [1.29, 1.82) is 0 Å². The zero-order chi connectivity index (χ0) is 18.0. The molecule has 0 fully saturated rings. The molecule has 4 nitrogen and oxygen atoms in total. The average Bonchev–Trinajstić information content (AvgIpc) is 2.58. The zero-order valence-corrected chi connectivity index (χ0v) is 14.0. The molecular formula is C20H20O4. The Bertz CT molecular complexity index is 781. The van der Waals surface area contributed by atoms with Crippen LogP contribution in [0.3, 0.4) is 0 Å². The summed E-state index contributed by atoms with van der Waals surface area (Å²) in [5.41, 5.74) is -1.06. The summed E-state index contributed by atoms with van der Waals surface area (Å²) in [4.78, 5) is 23.7. The van der Waals surface area contributed by atoms with Gasteiger partial charge >= 0.3 is 5.97 Å². The number of terminal acetylenes is 1. The van der Waals surface area contributed by atoms with Crippen LogP contribution in [-0.2, 0) is 15.1 Å². The maximum atomic E-state index is 12.4. The van der Waals surface area contributed by atoms with Gasteiger partial charge < -0.3 is 9.84 Å². The Morgan fingerprint density at radius 3 is 2.71 bits per heavy atom. The molecule has 24 heavy (non-hydrogen) atoms. The highest BCUT2D eigenvalue weighted by Gasteiger charge is 2.51. The van der Waals surface area contributed by atoms with E-state index in [-0.39, 0.29) is 12.2 Å². The number of ketones is 1. The molecule has 2 atom stereocenters. The number of fused-ring (bicyclic) bond motifs is 1. The minimum Gasteiger partial charge on any atom is -0.466 e. The smallest absolute Gasteiger partial charge is 0.330 e. The summed E-state index contributed by atoms with van der Waals surface area (Å²) in [7, 11) is 1.29. The van der Waals surface area contributed by atoms with Crippen molar-refractivity contribution in [1.82, 2.24) is 0 Å². The minimum absolute atomic E-state index is 0.0428. The molecule has 0 aromatic heterocycles. The van der Waals surface area contributed by atoms with Gasteiger partial charge in [-0.1, -0.05) is 36.3 Å². The number of methoxy groups -OCH3 is 1. The van der Waals surface area contributed by atoms with Gasteiger partial charge in [-0.2, -0.15) is 0 Å². The normalized spacial score (nSPS) is 26.8. The van der Waals surface area contributed by atoms with Gasteiger partial charge in [0, 0.05) is 18.1 Å². The molecule has 1 aliphatic rings. The monoisotopic (exact) mass is 324 g/mol. The van der Waals surface area contributed by atoms with E-state index in [0.29, 0.717) is 16.7 Å². The number of aliphatic hydroxyl groups is 1. The van der Waals surface area contributed by atoms with Crippen molar-refractivity contribution in [3.8, 4) is 12.3 Å². The fourth-order valence-corrected chi connectivity index (χ4v) is 2.89. The number of allylic oxidation sites excluding steroid dienone is 2. The molecule has 124 valence electrons. The van der Waals surface area contributed by atoms with Gasteiger partial charge in [-0.05, 0) is 31.1 Å². The number of carbonyl (C=O) groups excluding carboxylic acids is 2. The number of carbonyl (C=O) groups is 2. The van der Waals surface area contributed by atoms with Crippen molar-refractivity contribution in [3.05, 3.63) is 59.2 Å². The van der Waals surface area contributed by atoms with E-state index < -0.39 is 17.0 Å². The molecule has 1 aliphatic carbocycles. The van der Waals surface area contributed by atoms with Crippen molar-refractivity contribution >= 4 is 11.8 Å². The number of esters is 1. The quantitative estimate of drug-likeness (QED) is 0.402. The predicted molar refractivity (Wildman–Crippen MR) is 91.1 cm³/mol. The zero-order valence-electron chi connectivity index (χ0n) is 14.0. The van der Waals surface area contributed by atoms with Crippen LogP contribution < -0.4 is 0 Å². The highest BCUT2D eigenvalue weighted by atomic mass is 16.5. The molecule has 0 bridgehead atoms. The second kappa shape index (κ2) is 6.46. The Labute approximate surface area is 141 Å². The van der Waals surface area contributed by atoms with Crippen LogP contribution in [0.1, 0.15) is 36.2 Å². The Balaban J connectivity index is 2.57. The lowest BCUT2D eigenvalue weighted by atomic mass is 9.61. The Morgan fingerprint density at radius 2 is 2.08 bits per heavy atom. The van der Waals surface area contributed by atoms with E-state index in [2.05, 4.69) is 10.7 Å². The van der Waals surface area contributed by atoms with Crippen molar-refractivity contribution in [2.45, 2.75) is 25.9 Å². The van der Waals surface area contributed by atoms with Crippen LogP contribution in [-0.4, -0.2) is 24.0 Å². The molecule has 0 amide bonds. The first kappa shape index (κ1) is 17.7. The first-order chi connectivity index (χ1) is 11.3. The Morgan fingerprint density at radius 1 is 1.42 bits per heavy atom. The molecule has 0 spiro atoms. The van der Waals surface area contributed by atoms with Gasteiger partial charge in [0.05, 0.1) is 12.5 Å². The van der Waals surface area contributed by atoms with Crippen molar-refractivity contribution < 1.29 is 19.4 Å². The third-order valence-electron chi connectivity index (χ3n) is 4.45. The summed E-state index contributed by atoms with van der Waals surface area (Å²) < 4.78 is 4.58. The van der Waals surface area contributed by atoms with Gasteiger partial charge in [-0.3, -0.25) is 4.79 Å². The summed E-state index contributed by atoms with van der Waals surface area (Å²) in [6.07, 6.45) is 10.2. The van der Waals surface area contributed by atoms with E-state index in [0.717, 1.165) is 0 Å². The maximum absolute atomic E-state index is 12.4. The van der Waals surface area contributed by atoms with Crippen LogP contribution in [0.5, 0.6) is 0 Å². The number of benzene rings is 1. The topological polar surface area (TPSA) is 63.6 Å². The third-order valence-corrected chi connectivity index (χ3v) is 4.45. The molecule has 1 aromatic carbocycles. The first-order valence-electron chi connectivity index (χ1n) is 7.56. The molecular weight excluding hydrogens is 304 g/mol. The lowest BCUT2D eigenvalue weighted by molar-refractivity contribution is -0.134. The number of hydrogen-bond donors (Lipinski definition) is 1. The molecule has 1 aromatic rings. The van der Waals surface area contributed by atoms with Gasteiger partial charge in [0.25, 0.3) is 0 Å². The van der Waals surface area contributed by atoms with Crippen LogP contribution >= 0.6 is 0 Å². The van der Waals surface area contributed by atoms with Gasteiger partial charge in [-0.15, -0.1) is 6.42 Å². The van der Waals surface area contributed by atoms with Gasteiger partial charge in [0.15, 0.2) is 5.78 Å². The van der Waals surface area contributed by atoms with Crippen molar-refractivity contribution in [3.63, 3.8) is 0 Å². The SMILES string of the molecule is C#C[C@@]1(C)CC(=O)c2ccccc2[C@]1(O)/C=C/C(C)=C\C(=O)OC. The summed E-state index contributed by atoms with van der Waals surface area (Å²) >= 11 is 0. The number of Topliss-reactive ketones (excluding diaryl/α,β-unsaturated/α-hetero) is 1. The molecule has 2 rings (SSSR count). The van der Waals surface area contributed by atoms with E-state index in [9.17, 15) is 14.7 Å². The number of hydrogen-bond acceptors (Lipinski definition) is 4. The van der Waals surface area contributed by atoms with Crippen molar-refractivity contribution in [2.75, 3.05) is 7.11 Å². The predicted octanol–water partition coefficient (Wildman–Crippen LogP) is 2.78. The molecule has 0 unspecified atom stereocenters. The second-order valence-electron chi connectivity index (χ2n) is 6.13. The molecule has 0 saturated heterocycles. The van der Waals surface area contributed by atoms with Gasteiger partial charge in [-0.25, -0.2) is 4.79 Å². The van der Waals surface area contributed by atoms with E-state index in [1.165, 1.54) is 13.2 Å². The fourth-order valence-electron chi connectivity index (χ4n) is 2.89. The van der Waals surface area contributed by atoms with Crippen LogP contribution in [0.4, 0.5) is 0 Å². The van der Waals surface area contributed by atoms with Gasteiger partial charge in [0.2, 0.25) is 0 Å².